The van der Waals surface area contributed by atoms with Crippen LogP contribution in [0, 0.1) is 11.3 Å². The summed E-state index contributed by atoms with van der Waals surface area (Å²) in [6.45, 7) is 3.49. The molecule has 1 aromatic carbocycles. The van der Waals surface area contributed by atoms with E-state index in [1.807, 2.05) is 11.0 Å². The molecule has 1 saturated heterocycles. The minimum absolute atomic E-state index is 0.0843. The number of hydrogen-bond acceptors (Lipinski definition) is 5. The summed E-state index contributed by atoms with van der Waals surface area (Å²) in [4.78, 5) is 16.6. The first-order valence-electron chi connectivity index (χ1n) is 8.36. The molecule has 6 nitrogen and oxygen atoms in total. The molecule has 130 valence electrons. The van der Waals surface area contributed by atoms with Crippen LogP contribution in [0.5, 0.6) is 5.75 Å². The summed E-state index contributed by atoms with van der Waals surface area (Å²) in [6, 6.07) is 12.5. The second kappa shape index (κ2) is 7.86. The zero-order valence-corrected chi connectivity index (χ0v) is 14.3. The van der Waals surface area contributed by atoms with Crippen molar-refractivity contribution in [2.24, 2.45) is 0 Å². The van der Waals surface area contributed by atoms with Crippen molar-refractivity contribution in [2.75, 3.05) is 33.2 Å². The summed E-state index contributed by atoms with van der Waals surface area (Å²) in [5.41, 5.74) is 0.471. The quantitative estimate of drug-likeness (QED) is 0.856. The van der Waals surface area contributed by atoms with Crippen LogP contribution in [0.15, 0.2) is 40.8 Å². The number of carbonyl (C=O) groups is 1. The van der Waals surface area contributed by atoms with Crippen molar-refractivity contribution in [1.82, 2.24) is 9.80 Å². The van der Waals surface area contributed by atoms with E-state index in [4.69, 9.17) is 14.4 Å². The Labute approximate surface area is 147 Å². The lowest BCUT2D eigenvalue weighted by atomic mass is 10.2. The first-order chi connectivity index (χ1) is 12.2. The summed E-state index contributed by atoms with van der Waals surface area (Å²) in [6.07, 6.45) is 0.962. The normalized spacial score (nSPS) is 15.4. The Morgan fingerprint density at radius 2 is 2.04 bits per heavy atom. The number of carbonyl (C=O) groups excluding carboxylic acids is 1. The van der Waals surface area contributed by atoms with Gasteiger partial charge in [-0.2, -0.15) is 5.26 Å². The third kappa shape index (κ3) is 4.20. The molecule has 1 aliphatic rings. The molecule has 0 bridgehead atoms. The molecule has 0 spiro atoms. The first kappa shape index (κ1) is 17.1. The summed E-state index contributed by atoms with van der Waals surface area (Å²) >= 11 is 0. The minimum Gasteiger partial charge on any atom is -0.484 e. The molecule has 3 rings (SSSR count). The second-order valence-corrected chi connectivity index (χ2v) is 6.11. The third-order valence-corrected chi connectivity index (χ3v) is 4.26. The number of para-hydroxylation sites is 1. The van der Waals surface area contributed by atoms with Crippen molar-refractivity contribution < 1.29 is 13.9 Å². The smallest absolute Gasteiger partial charge is 0.289 e. The van der Waals surface area contributed by atoms with Gasteiger partial charge in [-0.1, -0.05) is 12.1 Å². The van der Waals surface area contributed by atoms with Crippen LogP contribution in [-0.4, -0.2) is 48.9 Å². The van der Waals surface area contributed by atoms with Gasteiger partial charge in [0.05, 0.1) is 5.56 Å². The van der Waals surface area contributed by atoms with E-state index in [2.05, 4.69) is 18.0 Å². The lowest BCUT2D eigenvalue weighted by Gasteiger charge is -2.19. The van der Waals surface area contributed by atoms with Gasteiger partial charge in [-0.15, -0.1) is 0 Å². The lowest BCUT2D eigenvalue weighted by molar-refractivity contribution is 0.0726. The van der Waals surface area contributed by atoms with Gasteiger partial charge in [0.15, 0.2) is 5.76 Å². The Morgan fingerprint density at radius 1 is 1.20 bits per heavy atom. The van der Waals surface area contributed by atoms with Crippen LogP contribution in [0.3, 0.4) is 0 Å². The average Bonchev–Trinajstić information content (AvgIpc) is 3.01. The largest absolute Gasteiger partial charge is 0.484 e. The SMILES string of the molecule is CN1CCCN(C(=O)c2ccc(COc3ccccc3C#N)o2)CC1. The van der Waals surface area contributed by atoms with E-state index in [1.165, 1.54) is 0 Å². The Kier molecular flexibility index (Phi) is 5.36. The number of likely N-dealkylation sites (N-methyl/N-ethyl adjacent to an activating group) is 1. The standard InChI is InChI=1S/C19H21N3O3/c1-21-9-4-10-22(12-11-21)19(23)18-8-7-16(25-18)14-24-17-6-3-2-5-15(17)13-20/h2-3,5-8H,4,9-12,14H2,1H3. The van der Waals surface area contributed by atoms with Gasteiger partial charge in [-0.05, 0) is 44.3 Å². The zero-order chi connectivity index (χ0) is 17.6. The molecule has 0 atom stereocenters. The predicted molar refractivity (Wildman–Crippen MR) is 92.2 cm³/mol. The van der Waals surface area contributed by atoms with Crippen LogP contribution in [0.25, 0.3) is 0 Å². The number of rotatable bonds is 4. The van der Waals surface area contributed by atoms with Crippen molar-refractivity contribution in [1.29, 1.82) is 5.26 Å². The fraction of sp³-hybridized carbons (Fsp3) is 0.368. The van der Waals surface area contributed by atoms with Crippen LogP contribution in [0.2, 0.25) is 0 Å². The summed E-state index contributed by atoms with van der Waals surface area (Å²) < 4.78 is 11.3. The number of furan rings is 1. The molecule has 2 aromatic rings. The van der Waals surface area contributed by atoms with E-state index in [0.717, 1.165) is 26.1 Å². The molecule has 1 amide bonds. The summed E-state index contributed by atoms with van der Waals surface area (Å²) in [5.74, 6) is 1.31. The maximum atomic E-state index is 12.6. The molecule has 1 aromatic heterocycles. The van der Waals surface area contributed by atoms with E-state index in [0.29, 0.717) is 29.4 Å². The van der Waals surface area contributed by atoms with Gasteiger partial charge < -0.3 is 19.0 Å². The highest BCUT2D eigenvalue weighted by molar-refractivity contribution is 5.91. The van der Waals surface area contributed by atoms with Crippen molar-refractivity contribution in [2.45, 2.75) is 13.0 Å². The Bertz CT molecular complexity index is 778. The highest BCUT2D eigenvalue weighted by Gasteiger charge is 2.21. The van der Waals surface area contributed by atoms with Crippen LogP contribution in [0.4, 0.5) is 0 Å². The number of hydrogen-bond donors (Lipinski definition) is 0. The van der Waals surface area contributed by atoms with E-state index in [1.54, 1.807) is 30.3 Å². The highest BCUT2D eigenvalue weighted by Crippen LogP contribution is 2.19. The molecule has 0 saturated carbocycles. The van der Waals surface area contributed by atoms with Gasteiger partial charge in [0.25, 0.3) is 5.91 Å². The lowest BCUT2D eigenvalue weighted by Crippen LogP contribution is -2.34. The van der Waals surface area contributed by atoms with E-state index in [-0.39, 0.29) is 12.5 Å². The predicted octanol–water partition coefficient (Wildman–Crippen LogP) is 2.51. The summed E-state index contributed by atoms with van der Waals surface area (Å²) in [5, 5.41) is 9.07. The Balaban J connectivity index is 1.62. The van der Waals surface area contributed by atoms with E-state index < -0.39 is 0 Å². The molecule has 0 unspecified atom stereocenters. The van der Waals surface area contributed by atoms with Crippen LogP contribution in [0.1, 0.15) is 28.3 Å². The van der Waals surface area contributed by atoms with Gasteiger partial charge >= 0.3 is 0 Å². The molecule has 1 aliphatic heterocycles. The monoisotopic (exact) mass is 339 g/mol. The maximum Gasteiger partial charge on any atom is 0.289 e. The number of ether oxygens (including phenoxy) is 1. The minimum atomic E-state index is -0.0843. The zero-order valence-electron chi connectivity index (χ0n) is 14.3. The second-order valence-electron chi connectivity index (χ2n) is 6.11. The molecule has 25 heavy (non-hydrogen) atoms. The number of amides is 1. The molecule has 6 heteroatoms. The van der Waals surface area contributed by atoms with Gasteiger partial charge in [-0.25, -0.2) is 0 Å². The van der Waals surface area contributed by atoms with Crippen LogP contribution < -0.4 is 4.74 Å². The number of benzene rings is 1. The molecule has 0 radical (unpaired) electrons. The van der Waals surface area contributed by atoms with Gasteiger partial charge in [-0.3, -0.25) is 4.79 Å². The fourth-order valence-electron chi connectivity index (χ4n) is 2.81. The van der Waals surface area contributed by atoms with Gasteiger partial charge in [0.1, 0.15) is 24.2 Å². The molecule has 0 N–H and O–H groups in total. The average molecular weight is 339 g/mol. The van der Waals surface area contributed by atoms with Crippen LogP contribution in [-0.2, 0) is 6.61 Å². The van der Waals surface area contributed by atoms with E-state index in [9.17, 15) is 4.79 Å². The van der Waals surface area contributed by atoms with Crippen molar-refractivity contribution in [3.63, 3.8) is 0 Å². The van der Waals surface area contributed by atoms with E-state index >= 15 is 0 Å². The van der Waals surface area contributed by atoms with Crippen LogP contribution >= 0.6 is 0 Å². The van der Waals surface area contributed by atoms with Crippen molar-refractivity contribution >= 4 is 5.91 Å². The molecular formula is C19H21N3O3. The Hall–Kier alpha value is -2.78. The van der Waals surface area contributed by atoms with Crippen molar-refractivity contribution in [3.8, 4) is 11.8 Å². The molecular weight excluding hydrogens is 318 g/mol. The first-order valence-corrected chi connectivity index (χ1v) is 8.36. The highest BCUT2D eigenvalue weighted by atomic mass is 16.5. The summed E-state index contributed by atoms with van der Waals surface area (Å²) in [7, 11) is 2.06. The third-order valence-electron chi connectivity index (χ3n) is 4.26. The molecule has 2 heterocycles. The fourth-order valence-corrected chi connectivity index (χ4v) is 2.81. The van der Waals surface area contributed by atoms with Gasteiger partial charge in [0.2, 0.25) is 0 Å². The maximum absolute atomic E-state index is 12.6. The number of nitriles is 1. The van der Waals surface area contributed by atoms with Crippen molar-refractivity contribution in [3.05, 3.63) is 53.5 Å². The topological polar surface area (TPSA) is 69.7 Å². The Morgan fingerprint density at radius 3 is 2.88 bits per heavy atom. The molecule has 1 fully saturated rings. The van der Waals surface area contributed by atoms with Gasteiger partial charge in [0, 0.05) is 19.6 Å². The number of nitrogens with zero attached hydrogens (tertiary/aromatic N) is 3. The molecule has 0 aliphatic carbocycles.